The number of hydrogen-bond donors (Lipinski definition) is 0. The van der Waals surface area contributed by atoms with Crippen LogP contribution in [0.15, 0.2) is 59.3 Å². The number of para-hydroxylation sites is 1. The Morgan fingerprint density at radius 1 is 0.950 bits per heavy atom. The van der Waals surface area contributed by atoms with Crippen LogP contribution in [0.25, 0.3) is 33.3 Å². The van der Waals surface area contributed by atoms with Gasteiger partial charge in [0.2, 0.25) is 0 Å². The first kappa shape index (κ1) is 11.2. The molecule has 0 amide bonds. The second-order valence-corrected chi connectivity index (χ2v) is 4.86. The predicted molar refractivity (Wildman–Crippen MR) is 79.5 cm³/mol. The molecule has 3 heteroatoms. The molecule has 4 aromatic rings. The fraction of sp³-hybridized carbons (Fsp3) is 0.0588. The number of hydrogen-bond acceptors (Lipinski definition) is 3. The average Bonchev–Trinajstić information content (AvgIpc) is 2.87. The van der Waals surface area contributed by atoms with Crippen molar-refractivity contribution in [2.75, 3.05) is 0 Å². The first-order valence-corrected chi connectivity index (χ1v) is 6.52. The Kier molecular flexibility index (Phi) is 2.33. The molecule has 0 N–H and O–H groups in total. The lowest BCUT2D eigenvalue weighted by Gasteiger charge is -2.01. The van der Waals surface area contributed by atoms with E-state index in [9.17, 15) is 0 Å². The third-order valence-corrected chi connectivity index (χ3v) is 3.44. The number of nitrogens with zero attached hydrogens (tertiary/aromatic N) is 2. The molecule has 0 bridgehead atoms. The molecule has 0 aliphatic carbocycles. The highest BCUT2D eigenvalue weighted by Gasteiger charge is 2.12. The van der Waals surface area contributed by atoms with Crippen LogP contribution in [0.4, 0.5) is 0 Å². The van der Waals surface area contributed by atoms with E-state index in [1.165, 1.54) is 0 Å². The van der Waals surface area contributed by atoms with Gasteiger partial charge in [-0.15, -0.1) is 0 Å². The lowest BCUT2D eigenvalue weighted by atomic mass is 10.1. The Morgan fingerprint density at radius 3 is 2.75 bits per heavy atom. The summed E-state index contributed by atoms with van der Waals surface area (Å²) in [6, 6.07) is 14.0. The number of aryl methyl sites for hydroxylation is 1. The SMILES string of the molecule is Cc1ccc(-c2cccc3c2oc2cccnc23)nc1. The Balaban J connectivity index is 2.07. The highest BCUT2D eigenvalue weighted by atomic mass is 16.3. The first-order chi connectivity index (χ1) is 9.83. The van der Waals surface area contributed by atoms with E-state index in [4.69, 9.17) is 4.42 Å². The Morgan fingerprint density at radius 2 is 1.90 bits per heavy atom. The van der Waals surface area contributed by atoms with Crippen molar-refractivity contribution >= 4 is 22.1 Å². The monoisotopic (exact) mass is 260 g/mol. The van der Waals surface area contributed by atoms with Crippen molar-refractivity contribution in [3.8, 4) is 11.3 Å². The molecule has 0 atom stereocenters. The largest absolute Gasteiger partial charge is 0.454 e. The molecule has 0 saturated heterocycles. The quantitative estimate of drug-likeness (QED) is 0.510. The molecule has 0 fully saturated rings. The number of benzene rings is 1. The van der Waals surface area contributed by atoms with Gasteiger partial charge >= 0.3 is 0 Å². The van der Waals surface area contributed by atoms with Crippen molar-refractivity contribution in [1.29, 1.82) is 0 Å². The molecule has 0 radical (unpaired) electrons. The number of aromatic nitrogens is 2. The summed E-state index contributed by atoms with van der Waals surface area (Å²) >= 11 is 0. The van der Waals surface area contributed by atoms with Gasteiger partial charge in [0.05, 0.1) is 5.69 Å². The normalized spacial score (nSPS) is 11.2. The van der Waals surface area contributed by atoms with E-state index in [1.54, 1.807) is 6.20 Å². The zero-order valence-corrected chi connectivity index (χ0v) is 11.0. The lowest BCUT2D eigenvalue weighted by molar-refractivity contribution is 0.669. The highest BCUT2D eigenvalue weighted by molar-refractivity contribution is 6.07. The van der Waals surface area contributed by atoms with Crippen LogP contribution in [0.5, 0.6) is 0 Å². The standard InChI is InChI=1S/C17H12N2O/c1-11-7-8-14(19-10-11)12-4-2-5-13-16-15(20-17(12)13)6-3-9-18-16/h2-10H,1H3. The van der Waals surface area contributed by atoms with Crippen LogP contribution in [-0.4, -0.2) is 9.97 Å². The summed E-state index contributed by atoms with van der Waals surface area (Å²) < 4.78 is 5.97. The minimum Gasteiger partial charge on any atom is -0.454 e. The van der Waals surface area contributed by atoms with Crippen LogP contribution in [0.1, 0.15) is 5.56 Å². The van der Waals surface area contributed by atoms with E-state index in [2.05, 4.69) is 16.0 Å². The molecule has 0 spiro atoms. The van der Waals surface area contributed by atoms with Gasteiger partial charge in [-0.25, -0.2) is 0 Å². The van der Waals surface area contributed by atoms with Crippen LogP contribution in [0, 0.1) is 6.92 Å². The molecule has 0 aliphatic rings. The number of pyridine rings is 2. The first-order valence-electron chi connectivity index (χ1n) is 6.52. The van der Waals surface area contributed by atoms with Gasteiger partial charge < -0.3 is 4.42 Å². The van der Waals surface area contributed by atoms with Crippen LogP contribution in [0.3, 0.4) is 0 Å². The zero-order chi connectivity index (χ0) is 13.5. The van der Waals surface area contributed by atoms with Gasteiger partial charge in [-0.3, -0.25) is 9.97 Å². The Labute approximate surface area is 115 Å². The minimum absolute atomic E-state index is 0.807. The van der Waals surface area contributed by atoms with Crippen LogP contribution in [-0.2, 0) is 0 Å². The van der Waals surface area contributed by atoms with E-state index in [0.717, 1.165) is 38.9 Å². The van der Waals surface area contributed by atoms with Crippen LogP contribution in [0.2, 0.25) is 0 Å². The second-order valence-electron chi connectivity index (χ2n) is 4.86. The molecule has 0 unspecified atom stereocenters. The Hall–Kier alpha value is -2.68. The Bertz CT molecular complexity index is 907. The smallest absolute Gasteiger partial charge is 0.153 e. The minimum atomic E-state index is 0.807. The summed E-state index contributed by atoms with van der Waals surface area (Å²) in [5.41, 5.74) is 5.61. The van der Waals surface area contributed by atoms with Crippen molar-refractivity contribution in [2.24, 2.45) is 0 Å². The number of fused-ring (bicyclic) bond motifs is 3. The van der Waals surface area contributed by atoms with E-state index in [-0.39, 0.29) is 0 Å². The topological polar surface area (TPSA) is 38.9 Å². The zero-order valence-electron chi connectivity index (χ0n) is 11.0. The van der Waals surface area contributed by atoms with Crippen molar-refractivity contribution < 1.29 is 4.42 Å². The summed E-state index contributed by atoms with van der Waals surface area (Å²) in [4.78, 5) is 8.89. The fourth-order valence-corrected chi connectivity index (χ4v) is 2.45. The summed E-state index contributed by atoms with van der Waals surface area (Å²) in [5.74, 6) is 0. The van der Waals surface area contributed by atoms with Gasteiger partial charge in [0.25, 0.3) is 0 Å². The van der Waals surface area contributed by atoms with Crippen molar-refractivity contribution in [3.63, 3.8) is 0 Å². The lowest BCUT2D eigenvalue weighted by Crippen LogP contribution is -1.84. The maximum atomic E-state index is 5.97. The van der Waals surface area contributed by atoms with E-state index in [1.807, 2.05) is 49.5 Å². The van der Waals surface area contributed by atoms with Gasteiger partial charge in [-0.05, 0) is 42.8 Å². The fourth-order valence-electron chi connectivity index (χ4n) is 2.45. The molecule has 0 aliphatic heterocycles. The highest BCUT2D eigenvalue weighted by Crippen LogP contribution is 2.33. The summed E-state index contributed by atoms with van der Waals surface area (Å²) in [6.45, 7) is 2.03. The predicted octanol–water partition coefficient (Wildman–Crippen LogP) is 4.35. The molecule has 96 valence electrons. The van der Waals surface area contributed by atoms with Crippen LogP contribution >= 0.6 is 0 Å². The third-order valence-electron chi connectivity index (χ3n) is 3.44. The molecule has 4 rings (SSSR count). The second kappa shape index (κ2) is 4.17. The maximum Gasteiger partial charge on any atom is 0.153 e. The van der Waals surface area contributed by atoms with Gasteiger partial charge in [-0.1, -0.05) is 12.1 Å². The molecule has 1 aromatic carbocycles. The van der Waals surface area contributed by atoms with Gasteiger partial charge in [0.15, 0.2) is 5.58 Å². The van der Waals surface area contributed by atoms with Gasteiger partial charge in [0, 0.05) is 23.3 Å². The summed E-state index contributed by atoms with van der Waals surface area (Å²) in [7, 11) is 0. The maximum absolute atomic E-state index is 5.97. The summed E-state index contributed by atoms with van der Waals surface area (Å²) in [5, 5.41) is 1.03. The van der Waals surface area contributed by atoms with Crippen molar-refractivity contribution in [3.05, 3.63) is 60.4 Å². The van der Waals surface area contributed by atoms with Gasteiger partial charge in [0.1, 0.15) is 11.1 Å². The van der Waals surface area contributed by atoms with Gasteiger partial charge in [-0.2, -0.15) is 0 Å². The molecular weight excluding hydrogens is 248 g/mol. The molecule has 3 aromatic heterocycles. The summed E-state index contributed by atoms with van der Waals surface area (Å²) in [6.07, 6.45) is 3.66. The van der Waals surface area contributed by atoms with Crippen molar-refractivity contribution in [2.45, 2.75) is 6.92 Å². The molecule has 3 nitrogen and oxygen atoms in total. The molecule has 3 heterocycles. The molecule has 20 heavy (non-hydrogen) atoms. The number of rotatable bonds is 1. The van der Waals surface area contributed by atoms with Crippen LogP contribution < -0.4 is 0 Å². The number of furan rings is 1. The van der Waals surface area contributed by atoms with Crippen molar-refractivity contribution in [1.82, 2.24) is 9.97 Å². The van der Waals surface area contributed by atoms with E-state index in [0.29, 0.717) is 0 Å². The molecule has 0 saturated carbocycles. The third kappa shape index (κ3) is 1.60. The molecular formula is C17H12N2O. The van der Waals surface area contributed by atoms with E-state index < -0.39 is 0 Å². The average molecular weight is 260 g/mol. The van der Waals surface area contributed by atoms with E-state index >= 15 is 0 Å².